The fraction of sp³-hybridized carbons (Fsp3) is 0.385. The molecule has 19 heavy (non-hydrogen) atoms. The number of amides is 3. The van der Waals surface area contributed by atoms with Crippen molar-refractivity contribution in [3.05, 3.63) is 34.9 Å². The van der Waals surface area contributed by atoms with Crippen molar-refractivity contribution in [2.75, 3.05) is 14.1 Å². The molecule has 0 saturated heterocycles. The molecule has 1 atom stereocenters. The zero-order valence-electron chi connectivity index (χ0n) is 11.2. The SMILES string of the molecule is CNC(=O)NC(=O)[C@@H](C)N(C)Cc1cccc(Cl)c1. The molecule has 2 N–H and O–H groups in total. The molecule has 6 heteroatoms. The van der Waals surface area contributed by atoms with Crippen LogP contribution in [0.15, 0.2) is 24.3 Å². The van der Waals surface area contributed by atoms with E-state index in [4.69, 9.17) is 11.6 Å². The van der Waals surface area contributed by atoms with E-state index in [0.717, 1.165) is 5.56 Å². The van der Waals surface area contributed by atoms with Crippen molar-refractivity contribution in [1.82, 2.24) is 15.5 Å². The van der Waals surface area contributed by atoms with Gasteiger partial charge in [0.15, 0.2) is 0 Å². The van der Waals surface area contributed by atoms with Crippen LogP contribution in [0.3, 0.4) is 0 Å². The zero-order chi connectivity index (χ0) is 14.4. The van der Waals surface area contributed by atoms with Gasteiger partial charge in [-0.3, -0.25) is 15.0 Å². The van der Waals surface area contributed by atoms with Gasteiger partial charge < -0.3 is 5.32 Å². The third kappa shape index (κ3) is 4.89. The largest absolute Gasteiger partial charge is 0.341 e. The van der Waals surface area contributed by atoms with Crippen LogP contribution in [0.4, 0.5) is 4.79 Å². The van der Waals surface area contributed by atoms with Crippen LogP contribution in [0.5, 0.6) is 0 Å². The zero-order valence-corrected chi connectivity index (χ0v) is 12.0. The Hall–Kier alpha value is -1.59. The molecule has 0 radical (unpaired) electrons. The van der Waals surface area contributed by atoms with E-state index < -0.39 is 12.1 Å². The molecule has 0 bridgehead atoms. The number of benzene rings is 1. The summed E-state index contributed by atoms with van der Waals surface area (Å²) in [6.07, 6.45) is 0. The molecule has 0 spiro atoms. The quantitative estimate of drug-likeness (QED) is 0.883. The molecule has 0 aromatic heterocycles. The first kappa shape index (κ1) is 15.5. The summed E-state index contributed by atoms with van der Waals surface area (Å²) in [5, 5.41) is 5.25. The summed E-state index contributed by atoms with van der Waals surface area (Å²) in [6.45, 7) is 2.31. The van der Waals surface area contributed by atoms with Gasteiger partial charge >= 0.3 is 6.03 Å². The number of hydrogen-bond donors (Lipinski definition) is 2. The van der Waals surface area contributed by atoms with E-state index in [0.29, 0.717) is 11.6 Å². The van der Waals surface area contributed by atoms with E-state index in [2.05, 4.69) is 10.6 Å². The van der Waals surface area contributed by atoms with Crippen LogP contribution in [0, 0.1) is 0 Å². The van der Waals surface area contributed by atoms with Crippen LogP contribution in [0.1, 0.15) is 12.5 Å². The molecular weight excluding hydrogens is 266 g/mol. The average Bonchev–Trinajstić information content (AvgIpc) is 2.37. The molecule has 0 heterocycles. The molecule has 0 aliphatic heterocycles. The summed E-state index contributed by atoms with van der Waals surface area (Å²) in [6, 6.07) is 6.52. The van der Waals surface area contributed by atoms with Crippen LogP contribution in [0.25, 0.3) is 0 Å². The Morgan fingerprint density at radius 2 is 2.11 bits per heavy atom. The van der Waals surface area contributed by atoms with Gasteiger partial charge in [-0.2, -0.15) is 0 Å². The van der Waals surface area contributed by atoms with Gasteiger partial charge in [0, 0.05) is 18.6 Å². The normalized spacial score (nSPS) is 12.1. The highest BCUT2D eigenvalue weighted by atomic mass is 35.5. The molecule has 0 aliphatic rings. The summed E-state index contributed by atoms with van der Waals surface area (Å²) in [5.41, 5.74) is 1.01. The van der Waals surface area contributed by atoms with Crippen LogP contribution >= 0.6 is 11.6 Å². The number of carbonyl (C=O) groups excluding carboxylic acids is 2. The van der Waals surface area contributed by atoms with Crippen LogP contribution in [-0.4, -0.2) is 37.0 Å². The van der Waals surface area contributed by atoms with Crippen molar-refractivity contribution in [1.29, 1.82) is 0 Å². The van der Waals surface area contributed by atoms with E-state index in [1.54, 1.807) is 13.0 Å². The highest BCUT2D eigenvalue weighted by Gasteiger charge is 2.19. The highest BCUT2D eigenvalue weighted by Crippen LogP contribution is 2.13. The maximum atomic E-state index is 11.8. The monoisotopic (exact) mass is 283 g/mol. The first-order valence-corrected chi connectivity index (χ1v) is 6.29. The fourth-order valence-corrected chi connectivity index (χ4v) is 1.75. The van der Waals surface area contributed by atoms with Gasteiger partial charge in [-0.25, -0.2) is 4.79 Å². The number of hydrogen-bond acceptors (Lipinski definition) is 3. The molecule has 1 aromatic carbocycles. The molecule has 104 valence electrons. The third-order valence-corrected chi connectivity index (χ3v) is 3.06. The molecule has 0 aliphatic carbocycles. The van der Waals surface area contributed by atoms with Gasteiger partial charge in [-0.05, 0) is 31.7 Å². The number of halogens is 1. The molecule has 0 unspecified atom stereocenters. The van der Waals surface area contributed by atoms with Crippen LogP contribution in [0.2, 0.25) is 5.02 Å². The minimum atomic E-state index is -0.506. The van der Waals surface area contributed by atoms with E-state index in [-0.39, 0.29) is 5.91 Å². The lowest BCUT2D eigenvalue weighted by atomic mass is 10.2. The molecule has 1 aromatic rings. The molecule has 5 nitrogen and oxygen atoms in total. The second-order valence-electron chi connectivity index (χ2n) is 4.29. The summed E-state index contributed by atoms with van der Waals surface area (Å²) in [7, 11) is 3.28. The second-order valence-corrected chi connectivity index (χ2v) is 4.73. The lowest BCUT2D eigenvalue weighted by Gasteiger charge is -2.23. The number of imide groups is 1. The van der Waals surface area contributed by atoms with Crippen LogP contribution in [-0.2, 0) is 11.3 Å². The van der Waals surface area contributed by atoms with E-state index in [9.17, 15) is 9.59 Å². The summed E-state index contributed by atoms with van der Waals surface area (Å²) in [4.78, 5) is 24.7. The van der Waals surface area contributed by atoms with E-state index in [1.165, 1.54) is 7.05 Å². The Balaban J connectivity index is 2.59. The minimum absolute atomic E-state index is 0.344. The smallest absolute Gasteiger partial charge is 0.321 e. The first-order valence-electron chi connectivity index (χ1n) is 5.91. The van der Waals surface area contributed by atoms with Gasteiger partial charge in [0.25, 0.3) is 0 Å². The first-order chi connectivity index (χ1) is 8.93. The number of nitrogens with one attached hydrogen (secondary N) is 2. The Morgan fingerprint density at radius 3 is 2.68 bits per heavy atom. The molecule has 0 fully saturated rings. The molecular formula is C13H18ClN3O2. The van der Waals surface area contributed by atoms with Gasteiger partial charge in [0.2, 0.25) is 5.91 Å². The average molecular weight is 284 g/mol. The number of rotatable bonds is 4. The Kier molecular flexibility index (Phi) is 5.79. The Morgan fingerprint density at radius 1 is 1.42 bits per heavy atom. The lowest BCUT2D eigenvalue weighted by Crippen LogP contribution is -2.47. The number of urea groups is 1. The highest BCUT2D eigenvalue weighted by molar-refractivity contribution is 6.30. The summed E-state index contributed by atoms with van der Waals surface area (Å²) in [5.74, 6) is -0.344. The predicted octanol–water partition coefficient (Wildman–Crippen LogP) is 1.62. The minimum Gasteiger partial charge on any atom is -0.341 e. The van der Waals surface area contributed by atoms with E-state index in [1.807, 2.05) is 30.1 Å². The van der Waals surface area contributed by atoms with Crippen molar-refractivity contribution in [3.8, 4) is 0 Å². The van der Waals surface area contributed by atoms with Crippen LogP contribution < -0.4 is 10.6 Å². The molecule has 3 amide bonds. The van der Waals surface area contributed by atoms with Gasteiger partial charge in [-0.1, -0.05) is 23.7 Å². The van der Waals surface area contributed by atoms with Crippen molar-refractivity contribution < 1.29 is 9.59 Å². The van der Waals surface area contributed by atoms with Crippen molar-refractivity contribution in [3.63, 3.8) is 0 Å². The standard InChI is InChI=1S/C13H18ClN3O2/c1-9(12(18)16-13(19)15-2)17(3)8-10-5-4-6-11(14)7-10/h4-7,9H,8H2,1-3H3,(H2,15,16,18,19)/t9-/m1/s1. The lowest BCUT2D eigenvalue weighted by molar-refractivity contribution is -0.124. The number of likely N-dealkylation sites (N-methyl/N-ethyl adjacent to an activating group) is 1. The maximum absolute atomic E-state index is 11.8. The van der Waals surface area contributed by atoms with Gasteiger partial charge in [-0.15, -0.1) is 0 Å². The maximum Gasteiger partial charge on any atom is 0.321 e. The fourth-order valence-electron chi connectivity index (χ4n) is 1.54. The van der Waals surface area contributed by atoms with Crippen molar-refractivity contribution in [2.45, 2.75) is 19.5 Å². The van der Waals surface area contributed by atoms with Gasteiger partial charge in [0.05, 0.1) is 6.04 Å². The predicted molar refractivity (Wildman–Crippen MR) is 75.0 cm³/mol. The summed E-state index contributed by atoms with van der Waals surface area (Å²) < 4.78 is 0. The van der Waals surface area contributed by atoms with Gasteiger partial charge in [0.1, 0.15) is 0 Å². The Bertz CT molecular complexity index is 465. The number of carbonyl (C=O) groups is 2. The summed E-state index contributed by atoms with van der Waals surface area (Å²) >= 11 is 5.91. The third-order valence-electron chi connectivity index (χ3n) is 2.83. The van der Waals surface area contributed by atoms with Crippen molar-refractivity contribution in [2.24, 2.45) is 0 Å². The second kappa shape index (κ2) is 7.11. The molecule has 0 saturated carbocycles. The van der Waals surface area contributed by atoms with E-state index >= 15 is 0 Å². The number of nitrogens with zero attached hydrogens (tertiary/aromatic N) is 1. The topological polar surface area (TPSA) is 61.4 Å². The molecule has 1 rings (SSSR count). The van der Waals surface area contributed by atoms with Crippen molar-refractivity contribution >= 4 is 23.5 Å². The Labute approximate surface area is 117 Å².